The highest BCUT2D eigenvalue weighted by molar-refractivity contribution is 5.76. The van der Waals surface area contributed by atoms with Gasteiger partial charge in [0.1, 0.15) is 34.5 Å². The molecule has 2 aliphatic carbocycles. The molecule has 14 heteroatoms. The van der Waals surface area contributed by atoms with E-state index in [4.69, 9.17) is 28.4 Å². The quantitative estimate of drug-likeness (QED) is 0.181. The Labute approximate surface area is 396 Å². The molecule has 358 valence electrons. The minimum atomic E-state index is -0.609. The molecule has 3 aromatic rings. The van der Waals surface area contributed by atoms with Crippen molar-refractivity contribution in [3.63, 3.8) is 0 Å². The van der Waals surface area contributed by atoms with E-state index in [1.165, 1.54) is 16.7 Å². The van der Waals surface area contributed by atoms with E-state index in [0.717, 1.165) is 29.5 Å². The molecule has 5 aliphatic rings. The fraction of sp³-hybridized carbons (Fsp3) is 0.585. The predicted octanol–water partition coefficient (Wildman–Crippen LogP) is 9.72. The Kier molecular flexibility index (Phi) is 12.0. The molecule has 3 heterocycles. The minimum Gasteiger partial charge on any atom is -0.493 e. The van der Waals surface area contributed by atoms with E-state index < -0.39 is 16.6 Å². The minimum absolute atomic E-state index is 0.252. The van der Waals surface area contributed by atoms with Gasteiger partial charge < -0.3 is 38.2 Å². The molecule has 1 unspecified atom stereocenters. The third-order valence-electron chi connectivity index (χ3n) is 14.4. The summed E-state index contributed by atoms with van der Waals surface area (Å²) in [4.78, 5) is 34.7. The maximum Gasteiger partial charge on any atom is 0.410 e. The molecule has 0 radical (unpaired) electrons. The second kappa shape index (κ2) is 16.8. The van der Waals surface area contributed by atoms with Gasteiger partial charge in [-0.05, 0) is 125 Å². The third-order valence-corrected chi connectivity index (χ3v) is 14.4. The van der Waals surface area contributed by atoms with Gasteiger partial charge in [-0.2, -0.15) is 10.5 Å². The lowest BCUT2D eigenvalue weighted by Gasteiger charge is -2.39. The Balaban J connectivity index is 1.30. The van der Waals surface area contributed by atoms with Crippen LogP contribution in [0.1, 0.15) is 138 Å². The number of fused-ring (bicyclic) bond motifs is 6. The second-order valence-corrected chi connectivity index (χ2v) is 22.4. The predicted molar refractivity (Wildman–Crippen MR) is 254 cm³/mol. The zero-order valence-electron chi connectivity index (χ0n) is 42.1. The Morgan fingerprint density at radius 2 is 1.07 bits per heavy atom. The van der Waals surface area contributed by atoms with Gasteiger partial charge in [0, 0.05) is 82.0 Å². The van der Waals surface area contributed by atoms with Crippen molar-refractivity contribution in [2.75, 3.05) is 66.6 Å². The first-order chi connectivity index (χ1) is 31.4. The number of amides is 2. The standard InChI is InChI=1S/C53H68N6O8/c1-31-32(2)34(26-55)46-45(33(31)25-54)64-40-24-38-42(36(44(40)65-46)28-57-17-21-59(22-18-57)48(61)67-50(6,7)8)53(30-52(38,11)12)29-51(9,10)37-23-39(62-13)43(63-14)35(41(37)53)27-56-15-19-58(20-16-56)47(60)66-49(3,4)5/h23-24H,15-22,27-30H2,1-14H3. The number of rotatable bonds is 6. The van der Waals surface area contributed by atoms with Gasteiger partial charge in [-0.15, -0.1) is 0 Å². The summed E-state index contributed by atoms with van der Waals surface area (Å²) in [6.07, 6.45) is 0.943. The van der Waals surface area contributed by atoms with Crippen molar-refractivity contribution in [3.8, 4) is 46.6 Å². The van der Waals surface area contributed by atoms with Crippen LogP contribution in [0.15, 0.2) is 12.1 Å². The van der Waals surface area contributed by atoms with E-state index >= 15 is 0 Å². The number of benzene rings is 3. The van der Waals surface area contributed by atoms with E-state index in [0.29, 0.717) is 111 Å². The molecule has 0 aromatic heterocycles. The highest BCUT2D eigenvalue weighted by Gasteiger charge is 2.60. The van der Waals surface area contributed by atoms with Crippen LogP contribution in [-0.4, -0.2) is 110 Å². The van der Waals surface area contributed by atoms with Crippen molar-refractivity contribution in [2.45, 2.75) is 136 Å². The van der Waals surface area contributed by atoms with Crippen molar-refractivity contribution in [1.82, 2.24) is 19.6 Å². The summed E-state index contributed by atoms with van der Waals surface area (Å²) in [5.74, 6) is 2.93. The van der Waals surface area contributed by atoms with Crippen LogP contribution in [-0.2, 0) is 38.8 Å². The van der Waals surface area contributed by atoms with Gasteiger partial charge in [-0.3, -0.25) is 9.80 Å². The monoisotopic (exact) mass is 917 g/mol. The molecule has 3 aliphatic heterocycles. The normalized spacial score (nSPS) is 20.7. The summed E-state index contributed by atoms with van der Waals surface area (Å²) in [7, 11) is 3.40. The van der Waals surface area contributed by atoms with E-state index in [-0.39, 0.29) is 34.5 Å². The average Bonchev–Trinajstić information content (AvgIpc) is 3.61. The van der Waals surface area contributed by atoms with Crippen molar-refractivity contribution >= 4 is 12.2 Å². The molecule has 8 rings (SSSR count). The van der Waals surface area contributed by atoms with Crippen LogP contribution in [0.4, 0.5) is 9.59 Å². The Morgan fingerprint density at radius 1 is 0.642 bits per heavy atom. The van der Waals surface area contributed by atoms with Crippen LogP contribution < -0.4 is 18.9 Å². The van der Waals surface area contributed by atoms with Crippen LogP contribution in [0.5, 0.6) is 34.5 Å². The molecular formula is C53H68N6O8. The molecule has 14 nitrogen and oxygen atoms in total. The van der Waals surface area contributed by atoms with Crippen LogP contribution in [0.25, 0.3) is 0 Å². The van der Waals surface area contributed by atoms with Gasteiger partial charge in [-0.1, -0.05) is 27.7 Å². The number of carbonyl (C=O) groups excluding carboxylic acids is 2. The molecule has 0 saturated carbocycles. The summed E-state index contributed by atoms with van der Waals surface area (Å²) < 4.78 is 38.0. The van der Waals surface area contributed by atoms with E-state index in [1.54, 1.807) is 24.0 Å². The molecule has 2 amide bonds. The zero-order valence-corrected chi connectivity index (χ0v) is 42.1. The van der Waals surface area contributed by atoms with Crippen LogP contribution >= 0.6 is 0 Å². The Hall–Kier alpha value is -5.70. The molecule has 1 spiro atoms. The molecular weight excluding hydrogens is 849 g/mol. The maximum absolute atomic E-state index is 13.2. The van der Waals surface area contributed by atoms with Crippen LogP contribution in [0, 0.1) is 36.5 Å². The fourth-order valence-electron chi connectivity index (χ4n) is 11.5. The van der Waals surface area contributed by atoms with Gasteiger partial charge in [0.25, 0.3) is 0 Å². The summed E-state index contributed by atoms with van der Waals surface area (Å²) in [6.45, 7) is 29.8. The Morgan fingerprint density at radius 3 is 1.51 bits per heavy atom. The van der Waals surface area contributed by atoms with E-state index in [1.807, 2.05) is 55.4 Å². The van der Waals surface area contributed by atoms with Crippen molar-refractivity contribution in [2.24, 2.45) is 0 Å². The van der Waals surface area contributed by atoms with Gasteiger partial charge >= 0.3 is 12.2 Å². The molecule has 1 atom stereocenters. The summed E-state index contributed by atoms with van der Waals surface area (Å²) >= 11 is 0. The number of hydrogen-bond donors (Lipinski definition) is 0. The summed E-state index contributed by atoms with van der Waals surface area (Å²) in [5.41, 5.74) is 6.39. The van der Waals surface area contributed by atoms with E-state index in [2.05, 4.69) is 61.8 Å². The number of methoxy groups -OCH3 is 2. The lowest BCUT2D eigenvalue weighted by Crippen LogP contribution is -2.50. The molecule has 0 N–H and O–H groups in total. The van der Waals surface area contributed by atoms with Gasteiger partial charge in [-0.25, -0.2) is 9.59 Å². The van der Waals surface area contributed by atoms with Gasteiger partial charge in [0.05, 0.1) is 14.2 Å². The van der Waals surface area contributed by atoms with Crippen LogP contribution in [0.3, 0.4) is 0 Å². The van der Waals surface area contributed by atoms with Gasteiger partial charge in [0.15, 0.2) is 34.5 Å². The zero-order chi connectivity index (χ0) is 48.8. The average molecular weight is 917 g/mol. The topological polar surface area (TPSA) is 150 Å². The van der Waals surface area contributed by atoms with E-state index in [9.17, 15) is 20.1 Å². The lowest BCUT2D eigenvalue weighted by molar-refractivity contribution is 0.0129. The molecule has 2 fully saturated rings. The summed E-state index contributed by atoms with van der Waals surface area (Å²) in [5, 5.41) is 21.1. The van der Waals surface area contributed by atoms with Crippen LogP contribution in [0.2, 0.25) is 0 Å². The lowest BCUT2D eigenvalue weighted by atomic mass is 9.70. The van der Waals surface area contributed by atoms with Gasteiger partial charge in [0.2, 0.25) is 0 Å². The highest BCUT2D eigenvalue weighted by atomic mass is 16.6. The number of nitrogens with zero attached hydrogens (tertiary/aromatic N) is 6. The first-order valence-electron chi connectivity index (χ1n) is 23.6. The molecule has 67 heavy (non-hydrogen) atoms. The number of hydrogen-bond acceptors (Lipinski definition) is 12. The first kappa shape index (κ1) is 47.8. The summed E-state index contributed by atoms with van der Waals surface area (Å²) in [6, 6.07) is 9.01. The van der Waals surface area contributed by atoms with Crippen molar-refractivity contribution in [3.05, 3.63) is 67.8 Å². The van der Waals surface area contributed by atoms with Crippen molar-refractivity contribution < 1.29 is 38.0 Å². The largest absolute Gasteiger partial charge is 0.493 e. The second-order valence-electron chi connectivity index (χ2n) is 22.4. The fourth-order valence-corrected chi connectivity index (χ4v) is 11.5. The number of piperazine rings is 2. The number of ether oxygens (including phenoxy) is 6. The molecule has 3 aromatic carbocycles. The first-order valence-corrected chi connectivity index (χ1v) is 23.6. The maximum atomic E-state index is 13.2. The molecule has 0 bridgehead atoms. The number of carbonyl (C=O) groups is 2. The smallest absolute Gasteiger partial charge is 0.410 e. The number of nitriles is 2. The highest BCUT2D eigenvalue weighted by Crippen LogP contribution is 2.68. The van der Waals surface area contributed by atoms with Crippen molar-refractivity contribution in [1.29, 1.82) is 10.5 Å². The third kappa shape index (κ3) is 8.39. The SMILES string of the molecule is COc1cc2c(c(CN3CCN(C(=O)OC(C)(C)C)CC3)c1OC)C1(CC2(C)C)CC(C)(C)c2cc3c(c(CN4CCN(C(=O)OC(C)(C)C)CC4)c21)Oc1c(C#N)c(C)c(C)c(C#N)c1O3. The Bertz CT molecular complexity index is 2610. The molecule has 2 saturated heterocycles.